The zero-order chi connectivity index (χ0) is 24.7. The number of hydrogen-bond donors (Lipinski definition) is 1. The van der Waals surface area contributed by atoms with Gasteiger partial charge in [0, 0.05) is 71.1 Å². The lowest BCUT2D eigenvalue weighted by atomic mass is 9.96. The molecule has 4 rings (SSSR count). The van der Waals surface area contributed by atoms with Gasteiger partial charge in [-0.05, 0) is 49.9 Å². The molecule has 3 heterocycles. The number of nitrogens with one attached hydrogen (secondary N) is 1. The van der Waals surface area contributed by atoms with Crippen molar-refractivity contribution < 1.29 is 22.7 Å². The molecule has 1 aromatic carbocycles. The van der Waals surface area contributed by atoms with Crippen LogP contribution in [0.3, 0.4) is 0 Å². The number of halogens is 3. The Bertz CT molecular complexity index is 803. The topological polar surface area (TPSA) is 51.3 Å². The van der Waals surface area contributed by atoms with Crippen molar-refractivity contribution in [2.75, 3.05) is 90.1 Å². The summed E-state index contributed by atoms with van der Waals surface area (Å²) in [4.78, 5) is 21.3. The van der Waals surface area contributed by atoms with E-state index in [1.54, 1.807) is 6.07 Å². The fourth-order valence-electron chi connectivity index (χ4n) is 5.19. The van der Waals surface area contributed by atoms with E-state index in [0.717, 1.165) is 90.9 Å². The van der Waals surface area contributed by atoms with Crippen molar-refractivity contribution in [2.24, 2.45) is 5.92 Å². The number of carbonyl (C=O) groups excluding carboxylic acids is 1. The van der Waals surface area contributed by atoms with Gasteiger partial charge in [-0.15, -0.1) is 0 Å². The minimum Gasteiger partial charge on any atom is -0.379 e. The van der Waals surface area contributed by atoms with Crippen LogP contribution < -0.4 is 10.2 Å². The van der Waals surface area contributed by atoms with E-state index in [9.17, 15) is 18.0 Å². The van der Waals surface area contributed by atoms with Gasteiger partial charge < -0.3 is 19.9 Å². The molecule has 3 aliphatic rings. The SMILES string of the molecule is O=C(NCCCN1CCN(c2cccc(C(F)(F)F)c2)CC1)N1CCC(CN2CCOCC2)CC1. The van der Waals surface area contributed by atoms with Crippen LogP contribution >= 0.6 is 0 Å². The van der Waals surface area contributed by atoms with Crippen LogP contribution in [0.2, 0.25) is 0 Å². The van der Waals surface area contributed by atoms with Crippen LogP contribution in [0.25, 0.3) is 0 Å². The minimum atomic E-state index is -4.32. The Morgan fingerprint density at radius 3 is 2.37 bits per heavy atom. The molecule has 3 aliphatic heterocycles. The van der Waals surface area contributed by atoms with Crippen molar-refractivity contribution >= 4 is 11.7 Å². The van der Waals surface area contributed by atoms with Gasteiger partial charge in [-0.1, -0.05) is 6.07 Å². The molecule has 0 aromatic heterocycles. The zero-order valence-electron chi connectivity index (χ0n) is 20.4. The maximum absolute atomic E-state index is 13.0. The van der Waals surface area contributed by atoms with Gasteiger partial charge in [-0.25, -0.2) is 4.79 Å². The number of rotatable bonds is 7. The molecule has 3 saturated heterocycles. The zero-order valence-corrected chi connectivity index (χ0v) is 20.4. The van der Waals surface area contributed by atoms with Crippen LogP contribution in [-0.2, 0) is 10.9 Å². The summed E-state index contributed by atoms with van der Waals surface area (Å²) in [6.07, 6.45) is -1.34. The molecule has 35 heavy (non-hydrogen) atoms. The first-order chi connectivity index (χ1) is 16.9. The number of piperidine rings is 1. The summed E-state index contributed by atoms with van der Waals surface area (Å²) in [5.41, 5.74) is 0.0231. The molecule has 1 aromatic rings. The molecule has 0 saturated carbocycles. The van der Waals surface area contributed by atoms with Crippen molar-refractivity contribution in [2.45, 2.75) is 25.4 Å². The van der Waals surface area contributed by atoms with E-state index in [0.29, 0.717) is 31.2 Å². The fraction of sp³-hybridized carbons (Fsp3) is 0.720. The number of piperazine rings is 1. The molecule has 3 fully saturated rings. The molecule has 0 spiro atoms. The first-order valence-electron chi connectivity index (χ1n) is 12.9. The standard InChI is InChI=1S/C25H38F3N5O2/c26-25(27,28)22-3-1-4-23(19-22)32-13-11-30(12-14-32)8-2-7-29-24(34)33-9-5-21(6-10-33)20-31-15-17-35-18-16-31/h1,3-4,19,21H,2,5-18,20H2,(H,29,34). The molecule has 0 unspecified atom stereocenters. The summed E-state index contributed by atoms with van der Waals surface area (Å²) >= 11 is 0. The van der Waals surface area contributed by atoms with Crippen LogP contribution in [-0.4, -0.2) is 106 Å². The second kappa shape index (κ2) is 12.3. The molecule has 0 radical (unpaired) electrons. The second-order valence-electron chi connectivity index (χ2n) is 9.81. The van der Waals surface area contributed by atoms with Gasteiger partial charge in [0.15, 0.2) is 0 Å². The number of urea groups is 1. The third-order valence-corrected chi connectivity index (χ3v) is 7.36. The average Bonchev–Trinajstić information content (AvgIpc) is 2.87. The van der Waals surface area contributed by atoms with Crippen LogP contribution in [0.15, 0.2) is 24.3 Å². The quantitative estimate of drug-likeness (QED) is 0.587. The van der Waals surface area contributed by atoms with Crippen molar-refractivity contribution in [3.8, 4) is 0 Å². The van der Waals surface area contributed by atoms with E-state index in [2.05, 4.69) is 15.1 Å². The molecular formula is C25H38F3N5O2. The molecule has 0 bridgehead atoms. The van der Waals surface area contributed by atoms with Crippen LogP contribution in [0, 0.1) is 5.92 Å². The number of likely N-dealkylation sites (tertiary alicyclic amines) is 1. The van der Waals surface area contributed by atoms with Gasteiger partial charge in [0.1, 0.15) is 0 Å². The van der Waals surface area contributed by atoms with E-state index in [1.165, 1.54) is 12.1 Å². The van der Waals surface area contributed by atoms with Gasteiger partial charge in [0.2, 0.25) is 0 Å². The van der Waals surface area contributed by atoms with Gasteiger partial charge >= 0.3 is 12.2 Å². The third kappa shape index (κ3) is 7.72. The first kappa shape index (κ1) is 26.0. The first-order valence-corrected chi connectivity index (χ1v) is 12.9. The van der Waals surface area contributed by atoms with Crippen molar-refractivity contribution in [1.29, 1.82) is 0 Å². The lowest BCUT2D eigenvalue weighted by molar-refractivity contribution is -0.137. The van der Waals surface area contributed by atoms with Crippen LogP contribution in [0.5, 0.6) is 0 Å². The minimum absolute atomic E-state index is 0.0317. The average molecular weight is 498 g/mol. The highest BCUT2D eigenvalue weighted by Crippen LogP contribution is 2.31. The van der Waals surface area contributed by atoms with Crippen molar-refractivity contribution in [1.82, 2.24) is 20.0 Å². The number of hydrogen-bond acceptors (Lipinski definition) is 5. The van der Waals surface area contributed by atoms with E-state index < -0.39 is 11.7 Å². The number of benzene rings is 1. The smallest absolute Gasteiger partial charge is 0.379 e. The van der Waals surface area contributed by atoms with Crippen LogP contribution in [0.1, 0.15) is 24.8 Å². The number of anilines is 1. The molecule has 2 amide bonds. The third-order valence-electron chi connectivity index (χ3n) is 7.36. The Kier molecular flexibility index (Phi) is 9.13. The van der Waals surface area contributed by atoms with Gasteiger partial charge in [-0.2, -0.15) is 13.2 Å². The Balaban J connectivity index is 1.08. The normalized spacial score (nSPS) is 21.3. The van der Waals surface area contributed by atoms with Gasteiger partial charge in [-0.3, -0.25) is 9.80 Å². The number of carbonyl (C=O) groups is 1. The molecule has 0 aliphatic carbocycles. The fourth-order valence-corrected chi connectivity index (χ4v) is 5.19. The number of ether oxygens (including phenoxy) is 1. The highest BCUT2D eigenvalue weighted by molar-refractivity contribution is 5.74. The van der Waals surface area contributed by atoms with Crippen molar-refractivity contribution in [3.63, 3.8) is 0 Å². The molecule has 10 heteroatoms. The molecule has 1 N–H and O–H groups in total. The summed E-state index contributed by atoms with van der Waals surface area (Å²) in [6.45, 7) is 11.0. The maximum Gasteiger partial charge on any atom is 0.416 e. The lowest BCUT2D eigenvalue weighted by Crippen LogP contribution is -2.48. The summed E-state index contributed by atoms with van der Waals surface area (Å²) in [5, 5.41) is 3.06. The molecule has 196 valence electrons. The monoisotopic (exact) mass is 497 g/mol. The summed E-state index contributed by atoms with van der Waals surface area (Å²) < 4.78 is 44.4. The Morgan fingerprint density at radius 1 is 0.971 bits per heavy atom. The molecule has 0 atom stereocenters. The number of amides is 2. The van der Waals surface area contributed by atoms with Crippen LogP contribution in [0.4, 0.5) is 23.7 Å². The highest BCUT2D eigenvalue weighted by atomic mass is 19.4. The summed E-state index contributed by atoms with van der Waals surface area (Å²) in [5.74, 6) is 0.659. The van der Waals surface area contributed by atoms with Crippen molar-refractivity contribution in [3.05, 3.63) is 29.8 Å². The predicted octanol–water partition coefficient (Wildman–Crippen LogP) is 2.97. The second-order valence-corrected chi connectivity index (χ2v) is 9.81. The lowest BCUT2D eigenvalue weighted by Gasteiger charge is -2.36. The highest BCUT2D eigenvalue weighted by Gasteiger charge is 2.31. The number of alkyl halides is 3. The Labute approximate surface area is 206 Å². The number of nitrogens with zero attached hydrogens (tertiary/aromatic N) is 4. The van der Waals surface area contributed by atoms with E-state index in [4.69, 9.17) is 4.74 Å². The Morgan fingerprint density at radius 2 is 1.69 bits per heavy atom. The summed E-state index contributed by atoms with van der Waals surface area (Å²) in [6, 6.07) is 5.59. The predicted molar refractivity (Wildman–Crippen MR) is 130 cm³/mol. The molecular weight excluding hydrogens is 459 g/mol. The number of morpholine rings is 1. The Hall–Kier alpha value is -2.04. The van der Waals surface area contributed by atoms with E-state index >= 15 is 0 Å². The maximum atomic E-state index is 13.0. The van der Waals surface area contributed by atoms with E-state index in [-0.39, 0.29) is 6.03 Å². The van der Waals surface area contributed by atoms with E-state index in [1.807, 2.05) is 9.80 Å². The molecule has 7 nitrogen and oxygen atoms in total. The van der Waals surface area contributed by atoms with Gasteiger partial charge in [0.25, 0.3) is 0 Å². The largest absolute Gasteiger partial charge is 0.416 e. The summed E-state index contributed by atoms with van der Waals surface area (Å²) in [7, 11) is 0. The van der Waals surface area contributed by atoms with Gasteiger partial charge in [0.05, 0.1) is 18.8 Å².